The standard InChI is InChI=1S/C28H31F3N2O7S/c1-3-21-6-10-24(11-7-21)41(35,36)33-16-17-39-27(20-33)12-14-32(15-13-27)26(34)40-25(28(29,30)31)19-38-18-22-4-8-23(37-2)9-5-22/h1,4-11,25H,12-20H2,2H3. The molecular formula is C28H31F3N2O7S. The van der Waals surface area contributed by atoms with Crippen molar-refractivity contribution in [2.45, 2.75) is 42.2 Å². The summed E-state index contributed by atoms with van der Waals surface area (Å²) in [5, 5.41) is 0. The number of hydrogen-bond acceptors (Lipinski definition) is 7. The molecule has 1 atom stereocenters. The summed E-state index contributed by atoms with van der Waals surface area (Å²) >= 11 is 0. The Labute approximate surface area is 237 Å². The predicted octanol–water partition coefficient (Wildman–Crippen LogP) is 3.82. The van der Waals surface area contributed by atoms with Crippen LogP contribution in [0.15, 0.2) is 53.4 Å². The molecule has 1 unspecified atom stereocenters. The SMILES string of the molecule is C#Cc1ccc(S(=O)(=O)N2CCOC3(CCN(C(=O)OC(COCc4ccc(OC)cc4)C(F)(F)F)CC3)C2)cc1. The minimum Gasteiger partial charge on any atom is -0.497 e. The van der Waals surface area contributed by atoms with Crippen LogP contribution in [0.25, 0.3) is 0 Å². The molecule has 9 nitrogen and oxygen atoms in total. The highest BCUT2D eigenvalue weighted by atomic mass is 32.2. The zero-order chi connectivity index (χ0) is 29.7. The molecule has 222 valence electrons. The first-order valence-electron chi connectivity index (χ1n) is 12.9. The number of alkyl halides is 3. The fourth-order valence-electron chi connectivity index (χ4n) is 4.68. The number of halogens is 3. The maximum absolute atomic E-state index is 13.6. The molecule has 41 heavy (non-hydrogen) atoms. The molecule has 2 aromatic rings. The van der Waals surface area contributed by atoms with Gasteiger partial charge in [-0.25, -0.2) is 13.2 Å². The summed E-state index contributed by atoms with van der Waals surface area (Å²) in [5.41, 5.74) is 0.317. The Morgan fingerprint density at radius 2 is 1.76 bits per heavy atom. The quantitative estimate of drug-likeness (QED) is 0.428. The molecule has 0 bridgehead atoms. The van der Waals surface area contributed by atoms with Crippen LogP contribution in [0.3, 0.4) is 0 Å². The summed E-state index contributed by atoms with van der Waals surface area (Å²) in [6.45, 7) is -0.534. The molecule has 0 aromatic heterocycles. The van der Waals surface area contributed by atoms with Gasteiger partial charge in [0, 0.05) is 31.7 Å². The second-order valence-corrected chi connectivity index (χ2v) is 11.7. The molecule has 2 heterocycles. The second kappa shape index (κ2) is 12.7. The molecule has 0 saturated carbocycles. The van der Waals surface area contributed by atoms with Crippen molar-refractivity contribution in [3.8, 4) is 18.1 Å². The number of rotatable bonds is 8. The molecule has 0 radical (unpaired) electrons. The maximum Gasteiger partial charge on any atom is 0.427 e. The van der Waals surface area contributed by atoms with Crippen molar-refractivity contribution in [2.24, 2.45) is 0 Å². The molecule has 1 spiro atoms. The van der Waals surface area contributed by atoms with E-state index in [9.17, 15) is 26.4 Å². The van der Waals surface area contributed by atoms with E-state index in [-0.39, 0.29) is 57.1 Å². The maximum atomic E-state index is 13.6. The lowest BCUT2D eigenvalue weighted by Crippen LogP contribution is -2.58. The van der Waals surface area contributed by atoms with Crippen molar-refractivity contribution in [3.05, 3.63) is 59.7 Å². The van der Waals surface area contributed by atoms with E-state index in [0.717, 1.165) is 0 Å². The number of methoxy groups -OCH3 is 1. The van der Waals surface area contributed by atoms with Crippen LogP contribution < -0.4 is 4.74 Å². The van der Waals surface area contributed by atoms with Gasteiger partial charge in [-0.3, -0.25) is 0 Å². The van der Waals surface area contributed by atoms with Crippen LogP contribution in [0.5, 0.6) is 5.75 Å². The summed E-state index contributed by atoms with van der Waals surface area (Å²) in [6.07, 6.45) is -2.59. The highest BCUT2D eigenvalue weighted by molar-refractivity contribution is 7.89. The van der Waals surface area contributed by atoms with Crippen LogP contribution >= 0.6 is 0 Å². The summed E-state index contributed by atoms with van der Waals surface area (Å²) in [5.74, 6) is 3.04. The van der Waals surface area contributed by atoms with E-state index >= 15 is 0 Å². The largest absolute Gasteiger partial charge is 0.497 e. The molecule has 4 rings (SSSR count). The molecule has 2 aliphatic rings. The van der Waals surface area contributed by atoms with Crippen molar-refractivity contribution in [1.29, 1.82) is 0 Å². The number of morpholine rings is 1. The highest BCUT2D eigenvalue weighted by Gasteiger charge is 2.47. The van der Waals surface area contributed by atoms with Crippen LogP contribution in [0.1, 0.15) is 24.0 Å². The van der Waals surface area contributed by atoms with Gasteiger partial charge in [0.2, 0.25) is 16.1 Å². The molecule has 2 aliphatic heterocycles. The van der Waals surface area contributed by atoms with E-state index < -0.39 is 40.6 Å². The first-order chi connectivity index (χ1) is 19.5. The normalized spacial score (nSPS) is 18.5. The number of piperidine rings is 1. The summed E-state index contributed by atoms with van der Waals surface area (Å²) in [7, 11) is -2.32. The molecule has 0 N–H and O–H groups in total. The van der Waals surface area contributed by atoms with E-state index in [1.165, 1.54) is 28.4 Å². The third-order valence-corrected chi connectivity index (χ3v) is 8.97. The van der Waals surface area contributed by atoms with Crippen molar-refractivity contribution >= 4 is 16.1 Å². The lowest BCUT2D eigenvalue weighted by atomic mass is 9.90. The Hall–Kier alpha value is -3.31. The molecular weight excluding hydrogens is 565 g/mol. The van der Waals surface area contributed by atoms with Crippen molar-refractivity contribution < 1.29 is 45.3 Å². The zero-order valence-corrected chi connectivity index (χ0v) is 23.2. The number of carbonyl (C=O) groups is 1. The number of nitrogens with zero attached hydrogens (tertiary/aromatic N) is 2. The molecule has 2 saturated heterocycles. The van der Waals surface area contributed by atoms with Gasteiger partial charge < -0.3 is 23.8 Å². The minimum absolute atomic E-state index is 0.0425. The highest BCUT2D eigenvalue weighted by Crippen LogP contribution is 2.33. The number of ether oxygens (including phenoxy) is 4. The van der Waals surface area contributed by atoms with Crippen LogP contribution in [-0.4, -0.2) is 88.1 Å². The van der Waals surface area contributed by atoms with E-state index in [0.29, 0.717) is 16.9 Å². The Balaban J connectivity index is 1.31. The molecule has 2 fully saturated rings. The van der Waals surface area contributed by atoms with Gasteiger partial charge in [0.1, 0.15) is 5.75 Å². The van der Waals surface area contributed by atoms with Crippen molar-refractivity contribution in [2.75, 3.05) is 46.5 Å². The summed E-state index contributed by atoms with van der Waals surface area (Å²) in [6, 6.07) is 12.6. The van der Waals surface area contributed by atoms with Crippen molar-refractivity contribution in [3.63, 3.8) is 0 Å². The number of sulfonamides is 1. The summed E-state index contributed by atoms with van der Waals surface area (Å²) in [4.78, 5) is 13.9. The van der Waals surface area contributed by atoms with Gasteiger partial charge in [-0.15, -0.1) is 6.42 Å². The predicted molar refractivity (Wildman–Crippen MR) is 142 cm³/mol. The fourth-order valence-corrected chi connectivity index (χ4v) is 6.18. The molecule has 2 aromatic carbocycles. The Kier molecular flexibility index (Phi) is 9.48. The van der Waals surface area contributed by atoms with Crippen molar-refractivity contribution in [1.82, 2.24) is 9.21 Å². The minimum atomic E-state index is -4.83. The number of likely N-dealkylation sites (tertiary alicyclic amines) is 1. The van der Waals surface area contributed by atoms with Crippen LogP contribution in [0.2, 0.25) is 0 Å². The average molecular weight is 597 g/mol. The van der Waals surface area contributed by atoms with Gasteiger partial charge in [-0.2, -0.15) is 17.5 Å². The first-order valence-corrected chi connectivity index (χ1v) is 14.3. The van der Waals surface area contributed by atoms with E-state index in [1.54, 1.807) is 36.4 Å². The van der Waals surface area contributed by atoms with Gasteiger partial charge in [-0.05, 0) is 54.8 Å². The first kappa shape index (κ1) is 30.6. The van der Waals surface area contributed by atoms with E-state index in [2.05, 4.69) is 5.92 Å². The van der Waals surface area contributed by atoms with E-state index in [4.69, 9.17) is 25.4 Å². The molecule has 0 aliphatic carbocycles. The van der Waals surface area contributed by atoms with Gasteiger partial charge in [0.15, 0.2) is 0 Å². The Morgan fingerprint density at radius 1 is 1.10 bits per heavy atom. The lowest BCUT2D eigenvalue weighted by Gasteiger charge is -2.46. The van der Waals surface area contributed by atoms with Crippen LogP contribution in [0, 0.1) is 12.3 Å². The number of benzene rings is 2. The third kappa shape index (κ3) is 7.51. The second-order valence-electron chi connectivity index (χ2n) is 9.80. The van der Waals surface area contributed by atoms with Gasteiger partial charge in [0.25, 0.3) is 0 Å². The van der Waals surface area contributed by atoms with Crippen LogP contribution in [-0.2, 0) is 30.8 Å². The monoisotopic (exact) mass is 596 g/mol. The number of terminal acetylenes is 1. The number of amides is 1. The molecule has 13 heteroatoms. The number of hydrogen-bond donors (Lipinski definition) is 0. The third-order valence-electron chi connectivity index (χ3n) is 7.11. The topological polar surface area (TPSA) is 94.6 Å². The Bertz CT molecular complexity index is 1330. The molecule has 1 amide bonds. The lowest BCUT2D eigenvalue weighted by molar-refractivity contribution is -0.220. The Morgan fingerprint density at radius 3 is 2.34 bits per heavy atom. The smallest absolute Gasteiger partial charge is 0.427 e. The number of carbonyl (C=O) groups excluding carboxylic acids is 1. The summed E-state index contributed by atoms with van der Waals surface area (Å²) < 4.78 is 89.6. The van der Waals surface area contributed by atoms with Gasteiger partial charge in [0.05, 0.1) is 37.4 Å². The average Bonchev–Trinajstić information content (AvgIpc) is 2.97. The fraction of sp³-hybridized carbons (Fsp3) is 0.464. The van der Waals surface area contributed by atoms with Crippen LogP contribution in [0.4, 0.5) is 18.0 Å². The van der Waals surface area contributed by atoms with Gasteiger partial charge in [-0.1, -0.05) is 18.1 Å². The van der Waals surface area contributed by atoms with E-state index in [1.807, 2.05) is 0 Å². The zero-order valence-electron chi connectivity index (χ0n) is 22.4. The van der Waals surface area contributed by atoms with Gasteiger partial charge >= 0.3 is 12.3 Å².